The van der Waals surface area contributed by atoms with Gasteiger partial charge in [0, 0.05) is 38.7 Å². The van der Waals surface area contributed by atoms with Crippen molar-refractivity contribution in [3.05, 3.63) is 34.9 Å². The number of piperidine rings is 1. The molecule has 0 aromatic heterocycles. The van der Waals surface area contributed by atoms with Crippen molar-refractivity contribution >= 4 is 23.6 Å². The van der Waals surface area contributed by atoms with Gasteiger partial charge in [-0.25, -0.2) is 0 Å². The molecule has 5 aliphatic rings. The van der Waals surface area contributed by atoms with Gasteiger partial charge in [-0.05, 0) is 36.3 Å². The summed E-state index contributed by atoms with van der Waals surface area (Å²) in [6.45, 7) is 2.93. The van der Waals surface area contributed by atoms with Crippen LogP contribution in [0.25, 0.3) is 0 Å². The van der Waals surface area contributed by atoms with Gasteiger partial charge in [0.25, 0.3) is 11.8 Å². The molecule has 3 saturated heterocycles. The minimum atomic E-state index is -0.946. The number of amides is 4. The molecule has 4 fully saturated rings. The molecule has 4 amide bonds. The van der Waals surface area contributed by atoms with E-state index < -0.39 is 23.8 Å². The fourth-order valence-corrected chi connectivity index (χ4v) is 5.82. The van der Waals surface area contributed by atoms with Crippen LogP contribution in [0.15, 0.2) is 18.2 Å². The average Bonchev–Trinajstić information content (AvgIpc) is 3.32. The second-order valence-corrected chi connectivity index (χ2v) is 9.31. The third kappa shape index (κ3) is 3.19. The zero-order chi connectivity index (χ0) is 21.8. The summed E-state index contributed by atoms with van der Waals surface area (Å²) in [4.78, 5) is 50.8. The molecule has 1 unspecified atom stereocenters. The predicted molar refractivity (Wildman–Crippen MR) is 109 cm³/mol. The maximum Gasteiger partial charge on any atom is 0.262 e. The van der Waals surface area contributed by atoms with Crippen molar-refractivity contribution < 1.29 is 23.9 Å². The van der Waals surface area contributed by atoms with Crippen molar-refractivity contribution in [2.24, 2.45) is 5.41 Å². The predicted octanol–water partition coefficient (Wildman–Crippen LogP) is -0.0540. The minimum absolute atomic E-state index is 0.106. The molecule has 9 nitrogen and oxygen atoms in total. The lowest BCUT2D eigenvalue weighted by Gasteiger charge is -2.46. The van der Waals surface area contributed by atoms with Crippen molar-refractivity contribution in [1.82, 2.24) is 20.9 Å². The van der Waals surface area contributed by atoms with Crippen LogP contribution in [0.3, 0.4) is 0 Å². The number of hydrogen-bond donors (Lipinski definition) is 3. The van der Waals surface area contributed by atoms with E-state index in [1.54, 1.807) is 19.2 Å². The molecular weight excluding hydrogens is 400 g/mol. The molecule has 0 spiro atoms. The molecule has 31 heavy (non-hydrogen) atoms. The van der Waals surface area contributed by atoms with E-state index in [9.17, 15) is 19.2 Å². The first-order valence-electron chi connectivity index (χ1n) is 10.7. The van der Waals surface area contributed by atoms with E-state index >= 15 is 0 Å². The highest BCUT2D eigenvalue weighted by molar-refractivity contribution is 6.24. The Balaban J connectivity index is 1.28. The minimum Gasteiger partial charge on any atom is -0.383 e. The quantitative estimate of drug-likeness (QED) is 0.523. The Morgan fingerprint density at radius 1 is 1.19 bits per heavy atom. The zero-order valence-corrected chi connectivity index (χ0v) is 17.5. The molecule has 1 aromatic rings. The maximum absolute atomic E-state index is 13.1. The standard InChI is InChI=1S/C22H26N4O5/c1-31-12-22-8-21(9-22,11-24-22)10-23-7-13-3-2-4-14-17(13)20(30)26(19(14)29)15-5-6-16(27)25-18(15)28/h2-4,15,23-24H,5-12H2,1H3,(H,25,27,28). The fraction of sp³-hybridized carbons (Fsp3) is 0.545. The van der Waals surface area contributed by atoms with Crippen LogP contribution >= 0.6 is 0 Å². The molecule has 2 bridgehead atoms. The second kappa shape index (κ2) is 7.22. The molecule has 0 radical (unpaired) electrons. The lowest BCUT2D eigenvalue weighted by molar-refractivity contribution is -0.136. The van der Waals surface area contributed by atoms with Crippen LogP contribution in [0, 0.1) is 5.41 Å². The summed E-state index contributed by atoms with van der Waals surface area (Å²) in [5.41, 5.74) is 1.73. The number of carbonyl (C=O) groups is 4. The Morgan fingerprint density at radius 2 is 2.00 bits per heavy atom. The van der Waals surface area contributed by atoms with E-state index in [0.29, 0.717) is 24.3 Å². The van der Waals surface area contributed by atoms with Gasteiger partial charge in [0.1, 0.15) is 6.04 Å². The van der Waals surface area contributed by atoms with Crippen molar-refractivity contribution in [3.8, 4) is 0 Å². The molecule has 1 aliphatic carbocycles. The number of hydrogen-bond acceptors (Lipinski definition) is 7. The van der Waals surface area contributed by atoms with Gasteiger partial charge in [0.15, 0.2) is 0 Å². The summed E-state index contributed by atoms with van der Waals surface area (Å²) in [7, 11) is 1.72. The van der Waals surface area contributed by atoms with Crippen molar-refractivity contribution in [1.29, 1.82) is 0 Å². The summed E-state index contributed by atoms with van der Waals surface area (Å²) < 4.78 is 5.33. The van der Waals surface area contributed by atoms with Gasteiger partial charge in [-0.3, -0.25) is 29.4 Å². The maximum atomic E-state index is 13.1. The van der Waals surface area contributed by atoms with Crippen LogP contribution in [0.4, 0.5) is 0 Å². The first-order valence-corrected chi connectivity index (χ1v) is 10.7. The molecule has 4 heterocycles. The molecule has 1 aromatic carbocycles. The van der Waals surface area contributed by atoms with Crippen LogP contribution in [0.1, 0.15) is 52.0 Å². The van der Waals surface area contributed by atoms with Crippen molar-refractivity contribution in [3.63, 3.8) is 0 Å². The van der Waals surface area contributed by atoms with Crippen LogP contribution in [-0.4, -0.2) is 66.9 Å². The highest BCUT2D eigenvalue weighted by Crippen LogP contribution is 2.53. The van der Waals surface area contributed by atoms with Crippen LogP contribution < -0.4 is 16.0 Å². The summed E-state index contributed by atoms with van der Waals surface area (Å²) in [6, 6.07) is 4.27. The van der Waals surface area contributed by atoms with Gasteiger partial charge in [-0.2, -0.15) is 0 Å². The Kier molecular flexibility index (Phi) is 4.72. The number of methoxy groups -OCH3 is 1. The van der Waals surface area contributed by atoms with Crippen LogP contribution in [-0.2, 0) is 20.9 Å². The summed E-state index contributed by atoms with van der Waals surface area (Å²) in [6.07, 6.45) is 2.39. The smallest absolute Gasteiger partial charge is 0.262 e. The van der Waals surface area contributed by atoms with Gasteiger partial charge in [0.05, 0.1) is 17.7 Å². The van der Waals surface area contributed by atoms with Crippen molar-refractivity contribution in [2.45, 2.75) is 43.8 Å². The Bertz CT molecular complexity index is 984. The molecule has 6 rings (SSSR count). The molecule has 1 saturated carbocycles. The summed E-state index contributed by atoms with van der Waals surface area (Å²) in [5.74, 6) is -1.91. The van der Waals surface area contributed by atoms with Gasteiger partial charge in [-0.15, -0.1) is 0 Å². The molecule has 9 heteroatoms. The molecular formula is C22H26N4O5. The Hall–Kier alpha value is -2.62. The average molecular weight is 426 g/mol. The first kappa shape index (κ1) is 20.3. The van der Waals surface area contributed by atoms with E-state index in [1.807, 2.05) is 6.07 Å². The number of ether oxygens (including phenoxy) is 1. The summed E-state index contributed by atoms with van der Waals surface area (Å²) >= 11 is 0. The van der Waals surface area contributed by atoms with Crippen LogP contribution in [0.2, 0.25) is 0 Å². The third-order valence-corrected chi connectivity index (χ3v) is 7.06. The number of imide groups is 2. The number of nitrogens with zero attached hydrogens (tertiary/aromatic N) is 1. The number of nitrogens with one attached hydrogen (secondary N) is 3. The van der Waals surface area contributed by atoms with E-state index in [1.165, 1.54) is 0 Å². The number of carbonyl (C=O) groups excluding carboxylic acids is 4. The summed E-state index contributed by atoms with van der Waals surface area (Å²) in [5, 5.41) is 9.26. The van der Waals surface area contributed by atoms with Gasteiger partial charge >= 0.3 is 0 Å². The molecule has 1 atom stereocenters. The fourth-order valence-electron chi connectivity index (χ4n) is 5.82. The Labute approximate surface area is 179 Å². The first-order chi connectivity index (χ1) is 14.9. The number of benzene rings is 1. The van der Waals surface area contributed by atoms with Gasteiger partial charge in [-0.1, -0.05) is 12.1 Å². The van der Waals surface area contributed by atoms with E-state index in [2.05, 4.69) is 16.0 Å². The molecule has 4 aliphatic heterocycles. The second-order valence-electron chi connectivity index (χ2n) is 9.31. The molecule has 3 N–H and O–H groups in total. The largest absolute Gasteiger partial charge is 0.383 e. The lowest BCUT2D eigenvalue weighted by Crippen LogP contribution is -2.54. The number of rotatable bonds is 7. The SMILES string of the molecule is COCC12CC(CNCc3cccc4c3C(=O)N(C3CCC(=O)NC3=O)C4=O)(CN1)C2. The third-order valence-electron chi connectivity index (χ3n) is 7.06. The lowest BCUT2D eigenvalue weighted by atomic mass is 9.62. The highest BCUT2D eigenvalue weighted by atomic mass is 16.5. The monoisotopic (exact) mass is 426 g/mol. The highest BCUT2D eigenvalue weighted by Gasteiger charge is 2.60. The topological polar surface area (TPSA) is 117 Å². The molecule has 164 valence electrons. The normalized spacial score (nSPS) is 31.6. The number of fused-ring (bicyclic) bond motifs is 2. The van der Waals surface area contributed by atoms with Crippen LogP contribution in [0.5, 0.6) is 0 Å². The van der Waals surface area contributed by atoms with E-state index in [-0.39, 0.29) is 29.7 Å². The van der Waals surface area contributed by atoms with Gasteiger partial charge < -0.3 is 15.4 Å². The van der Waals surface area contributed by atoms with E-state index in [4.69, 9.17) is 4.74 Å². The van der Waals surface area contributed by atoms with E-state index in [0.717, 1.165) is 36.4 Å². The zero-order valence-electron chi connectivity index (χ0n) is 17.5. The Morgan fingerprint density at radius 3 is 2.74 bits per heavy atom. The van der Waals surface area contributed by atoms with Crippen molar-refractivity contribution in [2.75, 3.05) is 26.8 Å². The van der Waals surface area contributed by atoms with Gasteiger partial charge in [0.2, 0.25) is 11.8 Å².